The van der Waals surface area contributed by atoms with Crippen molar-refractivity contribution in [3.8, 4) is 0 Å². The summed E-state index contributed by atoms with van der Waals surface area (Å²) >= 11 is 0. The van der Waals surface area contributed by atoms with Gasteiger partial charge in [-0.2, -0.15) is 0 Å². The third kappa shape index (κ3) is 55.5. The van der Waals surface area contributed by atoms with Crippen LogP contribution in [0.2, 0.25) is 0 Å². The van der Waals surface area contributed by atoms with Crippen molar-refractivity contribution in [3.05, 3.63) is 109 Å². The molecule has 0 fully saturated rings. The molecule has 0 saturated carbocycles. The van der Waals surface area contributed by atoms with Crippen molar-refractivity contribution in [2.24, 2.45) is 0 Å². The Morgan fingerprint density at radius 3 is 1.18 bits per heavy atom. The number of quaternary nitrogens is 1. The van der Waals surface area contributed by atoms with Gasteiger partial charge in [-0.1, -0.05) is 213 Å². The monoisotopic (exact) mass is 1020 g/mol. The van der Waals surface area contributed by atoms with E-state index in [-0.39, 0.29) is 38.6 Å². The maximum absolute atomic E-state index is 12.9. The highest BCUT2D eigenvalue weighted by Crippen LogP contribution is 2.14. The molecule has 0 aromatic heterocycles. The maximum atomic E-state index is 12.9. The summed E-state index contributed by atoms with van der Waals surface area (Å²) in [6, 6.07) is 0. The lowest BCUT2D eigenvalue weighted by Crippen LogP contribution is -2.44. The van der Waals surface area contributed by atoms with Gasteiger partial charge in [0.15, 0.2) is 12.4 Å². The second-order valence-corrected chi connectivity index (χ2v) is 20.2. The normalized spacial score (nSPS) is 13.6. The summed E-state index contributed by atoms with van der Waals surface area (Å²) in [5.74, 6) is -2.31. The fraction of sp³-hybridized carbons (Fsp3) is 0.672. The molecule has 0 N–H and O–H groups in total. The molecule has 0 radical (unpaired) electrons. The third-order valence-electron chi connectivity index (χ3n) is 12.0. The summed E-state index contributed by atoms with van der Waals surface area (Å²) in [6.07, 6.45) is 71.3. The molecular formula is C64H107NO8. The average molecular weight is 1020 g/mol. The average Bonchev–Trinajstić information content (AvgIpc) is 3.36. The molecule has 2 unspecified atom stereocenters. The number of likely N-dealkylation sites (N-methyl/N-ethyl adjacent to an activating group) is 1. The Hall–Kier alpha value is -4.05. The van der Waals surface area contributed by atoms with E-state index in [0.717, 1.165) is 116 Å². The zero-order valence-electron chi connectivity index (χ0n) is 47.2. The smallest absolute Gasteiger partial charge is 0.306 e. The molecule has 9 nitrogen and oxygen atoms in total. The van der Waals surface area contributed by atoms with E-state index in [2.05, 4.69) is 123 Å². The van der Waals surface area contributed by atoms with Crippen LogP contribution in [0.1, 0.15) is 219 Å². The minimum absolute atomic E-state index is 0.140. The van der Waals surface area contributed by atoms with E-state index in [1.165, 1.54) is 70.6 Å². The van der Waals surface area contributed by atoms with Gasteiger partial charge in [-0.25, -0.2) is 0 Å². The summed E-state index contributed by atoms with van der Waals surface area (Å²) in [4.78, 5) is 37.2. The molecule has 0 aliphatic rings. The van der Waals surface area contributed by atoms with Gasteiger partial charge in [0.2, 0.25) is 0 Å². The molecule has 0 spiro atoms. The van der Waals surface area contributed by atoms with E-state index in [4.69, 9.17) is 18.9 Å². The molecule has 0 rings (SSSR count). The number of unbranched alkanes of at least 4 members (excludes halogenated alkanes) is 19. The van der Waals surface area contributed by atoms with E-state index in [1.807, 2.05) is 21.1 Å². The van der Waals surface area contributed by atoms with Crippen molar-refractivity contribution in [1.82, 2.24) is 0 Å². The van der Waals surface area contributed by atoms with Crippen molar-refractivity contribution in [3.63, 3.8) is 0 Å². The number of carbonyl (C=O) groups is 3. The van der Waals surface area contributed by atoms with Crippen LogP contribution in [0.3, 0.4) is 0 Å². The van der Waals surface area contributed by atoms with Crippen LogP contribution in [0.4, 0.5) is 0 Å². The first-order valence-corrected chi connectivity index (χ1v) is 29.0. The Morgan fingerprint density at radius 1 is 0.425 bits per heavy atom. The van der Waals surface area contributed by atoms with Crippen LogP contribution in [0.15, 0.2) is 109 Å². The molecule has 2 atom stereocenters. The third-order valence-corrected chi connectivity index (χ3v) is 12.0. The Balaban J connectivity index is 4.26. The number of carboxylic acid groups (broad SMARTS) is 1. The van der Waals surface area contributed by atoms with Crippen LogP contribution < -0.4 is 5.11 Å². The summed E-state index contributed by atoms with van der Waals surface area (Å²) in [5, 5.41) is 11.8. The number of nitrogens with zero attached hydrogens (tertiary/aromatic N) is 1. The van der Waals surface area contributed by atoms with Gasteiger partial charge in [-0.15, -0.1) is 0 Å². The molecule has 0 aromatic carbocycles. The predicted molar refractivity (Wildman–Crippen MR) is 306 cm³/mol. The summed E-state index contributed by atoms with van der Waals surface area (Å²) in [6.45, 7) is 4.59. The van der Waals surface area contributed by atoms with E-state index < -0.39 is 24.3 Å². The Morgan fingerprint density at radius 2 is 0.781 bits per heavy atom. The number of carboxylic acids is 1. The van der Waals surface area contributed by atoms with Crippen LogP contribution in [-0.2, 0) is 33.3 Å². The van der Waals surface area contributed by atoms with E-state index in [1.54, 1.807) is 0 Å². The van der Waals surface area contributed by atoms with Gasteiger partial charge in [0, 0.05) is 12.8 Å². The van der Waals surface area contributed by atoms with Gasteiger partial charge in [0.05, 0.1) is 40.3 Å². The standard InChI is InChI=1S/C64H107NO8/c1-6-8-10-12-14-16-18-20-22-23-24-25-26-27-28-29-30-31-32-33-34-35-36-37-38-39-41-43-45-47-49-51-53-55-62(67)73-60(59-72-64(63(68)69)70-57-56-65(3,4)5)58-71-61(66)54-52-50-48-46-44-42-40-21-19-17-15-13-11-9-7-2/h8,10,14,16,20-22,24-25,27-28,30-31,33-34,36-37,40,60,64H,6-7,9,11-13,15,17-19,23,26,29,32,35,38-39,41-59H2,1-5H3/b10-8-,16-14-,22-20-,25-24-,28-27-,31-30-,34-33-,37-36-,40-21-. The molecule has 9 heteroatoms. The van der Waals surface area contributed by atoms with Crippen molar-refractivity contribution >= 4 is 17.9 Å². The molecule has 0 heterocycles. The molecular weight excluding hydrogens is 911 g/mol. The van der Waals surface area contributed by atoms with Gasteiger partial charge in [-0.05, 0) is 103 Å². The Bertz CT molecular complexity index is 1560. The molecule has 73 heavy (non-hydrogen) atoms. The largest absolute Gasteiger partial charge is 0.545 e. The minimum atomic E-state index is -1.63. The zero-order valence-corrected chi connectivity index (χ0v) is 47.2. The first-order valence-electron chi connectivity index (χ1n) is 29.0. The lowest BCUT2D eigenvalue weighted by Gasteiger charge is -2.26. The summed E-state index contributed by atoms with van der Waals surface area (Å²) in [7, 11) is 5.91. The number of ether oxygens (including phenoxy) is 4. The van der Waals surface area contributed by atoms with Crippen LogP contribution in [0, 0.1) is 0 Å². The van der Waals surface area contributed by atoms with Crippen molar-refractivity contribution < 1.29 is 42.9 Å². The maximum Gasteiger partial charge on any atom is 0.306 e. The SMILES string of the molecule is CC/C=C\C/C=C\C/C=C\C/C=C\C/C=C\C/C=C\C/C=C\C/C=C\CCCCCCCCCCC(=O)OC(COC(=O)CCCCCCC/C=C\CCCCCCCC)COC(OCC[N+](C)(C)C)C(=O)[O-]. The Labute approximate surface area is 447 Å². The highest BCUT2D eigenvalue weighted by Gasteiger charge is 2.22. The number of carbonyl (C=O) groups excluding carboxylic acids is 3. The highest BCUT2D eigenvalue weighted by molar-refractivity contribution is 5.70. The lowest BCUT2D eigenvalue weighted by atomic mass is 10.1. The number of allylic oxidation sites excluding steroid dienone is 18. The van der Waals surface area contributed by atoms with E-state index >= 15 is 0 Å². The van der Waals surface area contributed by atoms with Crippen molar-refractivity contribution in [2.45, 2.75) is 232 Å². The second kappa shape index (κ2) is 54.2. The fourth-order valence-electron chi connectivity index (χ4n) is 7.55. The van der Waals surface area contributed by atoms with Gasteiger partial charge in [0.1, 0.15) is 13.2 Å². The first-order chi connectivity index (χ1) is 35.6. The number of aliphatic carboxylic acids is 1. The minimum Gasteiger partial charge on any atom is -0.545 e. The predicted octanol–water partition coefficient (Wildman–Crippen LogP) is 15.8. The molecule has 0 saturated heterocycles. The molecule has 0 amide bonds. The molecule has 416 valence electrons. The second-order valence-electron chi connectivity index (χ2n) is 20.2. The van der Waals surface area contributed by atoms with Gasteiger partial charge in [0.25, 0.3) is 0 Å². The highest BCUT2D eigenvalue weighted by atomic mass is 16.7. The number of hydrogen-bond donors (Lipinski definition) is 0. The van der Waals surface area contributed by atoms with Crippen LogP contribution in [-0.4, -0.2) is 82.3 Å². The number of rotatable bonds is 52. The van der Waals surface area contributed by atoms with Crippen LogP contribution in [0.5, 0.6) is 0 Å². The number of hydrogen-bond acceptors (Lipinski definition) is 8. The number of esters is 2. The van der Waals surface area contributed by atoms with E-state index in [0.29, 0.717) is 17.4 Å². The first kappa shape index (κ1) is 69.0. The van der Waals surface area contributed by atoms with Crippen molar-refractivity contribution in [1.29, 1.82) is 0 Å². The fourth-order valence-corrected chi connectivity index (χ4v) is 7.55. The van der Waals surface area contributed by atoms with E-state index in [9.17, 15) is 19.5 Å². The lowest BCUT2D eigenvalue weighted by molar-refractivity contribution is -0.870. The molecule has 0 bridgehead atoms. The zero-order chi connectivity index (χ0) is 53.4. The van der Waals surface area contributed by atoms with Crippen LogP contribution in [0.25, 0.3) is 0 Å². The quantitative estimate of drug-likeness (QED) is 0.0195. The molecule has 0 aliphatic heterocycles. The van der Waals surface area contributed by atoms with Gasteiger partial charge in [-0.3, -0.25) is 9.59 Å². The van der Waals surface area contributed by atoms with Gasteiger partial charge < -0.3 is 33.3 Å². The molecule has 0 aliphatic carbocycles. The molecule has 0 aromatic rings. The summed E-state index contributed by atoms with van der Waals surface area (Å²) in [5.41, 5.74) is 0. The van der Waals surface area contributed by atoms with Crippen LogP contribution >= 0.6 is 0 Å². The van der Waals surface area contributed by atoms with Crippen molar-refractivity contribution in [2.75, 3.05) is 47.5 Å². The Kier molecular flexibility index (Phi) is 51.2. The topological polar surface area (TPSA) is 111 Å². The van der Waals surface area contributed by atoms with Gasteiger partial charge >= 0.3 is 11.9 Å². The summed E-state index contributed by atoms with van der Waals surface area (Å²) < 4.78 is 22.6.